The largest absolute Gasteiger partial charge is 0.493 e. The summed E-state index contributed by atoms with van der Waals surface area (Å²) in [5.41, 5.74) is 1.98. The van der Waals surface area contributed by atoms with Crippen LogP contribution in [0.15, 0.2) is 40.9 Å². The molecule has 4 nitrogen and oxygen atoms in total. The lowest BCUT2D eigenvalue weighted by atomic mass is 10.2. The summed E-state index contributed by atoms with van der Waals surface area (Å²) in [6.07, 6.45) is 0.966. The highest BCUT2D eigenvalue weighted by Crippen LogP contribution is 2.37. The quantitative estimate of drug-likeness (QED) is 0.591. The molecule has 1 N–H and O–H groups in total. The number of benzene rings is 2. The average Bonchev–Trinajstić information content (AvgIpc) is 2.61. The predicted octanol–water partition coefficient (Wildman–Crippen LogP) is 4.30. The lowest BCUT2D eigenvalue weighted by Gasteiger charge is -2.15. The highest BCUT2D eigenvalue weighted by Gasteiger charge is 2.12. The molecule has 2 aromatic rings. The standard InChI is InChI=1S/C19H23BrFNO3/c1-23-9-3-8-22-12-15-10-17(20)19(18(11-15)24-2)25-13-14-4-6-16(21)7-5-14/h4-7,10-11,22H,3,8-9,12-13H2,1-2H3. The van der Waals surface area contributed by atoms with Crippen LogP contribution in [0.5, 0.6) is 11.5 Å². The monoisotopic (exact) mass is 411 g/mol. The Morgan fingerprint density at radius 2 is 1.84 bits per heavy atom. The van der Waals surface area contributed by atoms with Gasteiger partial charge >= 0.3 is 0 Å². The van der Waals surface area contributed by atoms with E-state index in [2.05, 4.69) is 21.2 Å². The molecule has 0 heterocycles. The van der Waals surface area contributed by atoms with Crippen molar-refractivity contribution in [3.63, 3.8) is 0 Å². The topological polar surface area (TPSA) is 39.7 Å². The van der Waals surface area contributed by atoms with Gasteiger partial charge in [0, 0.05) is 20.3 Å². The Kier molecular flexibility index (Phi) is 8.18. The van der Waals surface area contributed by atoms with Crippen LogP contribution in [-0.4, -0.2) is 27.4 Å². The molecule has 0 aliphatic heterocycles. The molecule has 0 aliphatic carbocycles. The lowest BCUT2D eigenvalue weighted by Crippen LogP contribution is -2.16. The van der Waals surface area contributed by atoms with E-state index in [-0.39, 0.29) is 5.82 Å². The highest BCUT2D eigenvalue weighted by atomic mass is 79.9. The molecule has 0 fully saturated rings. The zero-order valence-corrected chi connectivity index (χ0v) is 16.1. The summed E-state index contributed by atoms with van der Waals surface area (Å²) < 4.78 is 30.1. The van der Waals surface area contributed by atoms with E-state index in [1.54, 1.807) is 26.4 Å². The lowest BCUT2D eigenvalue weighted by molar-refractivity contribution is 0.194. The van der Waals surface area contributed by atoms with Gasteiger partial charge in [0.15, 0.2) is 11.5 Å². The fraction of sp³-hybridized carbons (Fsp3) is 0.368. The number of methoxy groups -OCH3 is 2. The van der Waals surface area contributed by atoms with Crippen molar-refractivity contribution >= 4 is 15.9 Å². The third-order valence-electron chi connectivity index (χ3n) is 3.62. The van der Waals surface area contributed by atoms with Crippen LogP contribution in [0.1, 0.15) is 17.5 Å². The van der Waals surface area contributed by atoms with Crippen molar-refractivity contribution in [2.24, 2.45) is 0 Å². The normalized spacial score (nSPS) is 10.7. The van der Waals surface area contributed by atoms with Gasteiger partial charge in [-0.05, 0) is 64.3 Å². The van der Waals surface area contributed by atoms with Crippen LogP contribution < -0.4 is 14.8 Å². The Morgan fingerprint density at radius 1 is 1.08 bits per heavy atom. The molecule has 6 heteroatoms. The van der Waals surface area contributed by atoms with E-state index >= 15 is 0 Å². The van der Waals surface area contributed by atoms with Crippen molar-refractivity contribution in [1.82, 2.24) is 5.32 Å². The molecular formula is C19H23BrFNO3. The summed E-state index contributed by atoms with van der Waals surface area (Å²) >= 11 is 3.55. The van der Waals surface area contributed by atoms with Crippen molar-refractivity contribution < 1.29 is 18.6 Å². The van der Waals surface area contributed by atoms with Gasteiger partial charge in [0.2, 0.25) is 0 Å². The molecule has 0 spiro atoms. The number of nitrogens with one attached hydrogen (secondary N) is 1. The SMILES string of the molecule is COCCCNCc1cc(Br)c(OCc2ccc(F)cc2)c(OC)c1. The first-order chi connectivity index (χ1) is 12.1. The molecule has 0 saturated carbocycles. The third-order valence-corrected chi connectivity index (χ3v) is 4.21. The molecule has 0 atom stereocenters. The number of hydrogen-bond donors (Lipinski definition) is 1. The van der Waals surface area contributed by atoms with Gasteiger partial charge in [-0.3, -0.25) is 0 Å². The van der Waals surface area contributed by atoms with Crippen molar-refractivity contribution in [3.05, 3.63) is 57.8 Å². The van der Waals surface area contributed by atoms with Gasteiger partial charge in [0.25, 0.3) is 0 Å². The molecule has 2 aromatic carbocycles. The average molecular weight is 412 g/mol. The number of halogens is 2. The first kappa shape index (κ1) is 19.7. The Bertz CT molecular complexity index is 664. The molecule has 0 aromatic heterocycles. The highest BCUT2D eigenvalue weighted by molar-refractivity contribution is 9.10. The second-order valence-corrected chi connectivity index (χ2v) is 6.40. The predicted molar refractivity (Wildman–Crippen MR) is 99.6 cm³/mol. The van der Waals surface area contributed by atoms with Crippen LogP contribution >= 0.6 is 15.9 Å². The van der Waals surface area contributed by atoms with E-state index in [1.807, 2.05) is 12.1 Å². The Labute approximate surface area is 156 Å². The fourth-order valence-electron chi connectivity index (χ4n) is 2.33. The van der Waals surface area contributed by atoms with Crippen molar-refractivity contribution in [3.8, 4) is 11.5 Å². The summed E-state index contributed by atoms with van der Waals surface area (Å²) in [4.78, 5) is 0. The van der Waals surface area contributed by atoms with Crippen LogP contribution in [0.3, 0.4) is 0 Å². The van der Waals surface area contributed by atoms with Gasteiger partial charge in [-0.15, -0.1) is 0 Å². The second-order valence-electron chi connectivity index (χ2n) is 5.55. The first-order valence-electron chi connectivity index (χ1n) is 8.07. The minimum absolute atomic E-state index is 0.259. The van der Waals surface area contributed by atoms with Crippen molar-refractivity contribution in [2.45, 2.75) is 19.6 Å². The fourth-order valence-corrected chi connectivity index (χ4v) is 2.93. The van der Waals surface area contributed by atoms with Crippen LogP contribution in [0.4, 0.5) is 4.39 Å². The van der Waals surface area contributed by atoms with E-state index in [0.29, 0.717) is 18.1 Å². The summed E-state index contributed by atoms with van der Waals surface area (Å²) in [6, 6.07) is 10.2. The summed E-state index contributed by atoms with van der Waals surface area (Å²) in [5, 5.41) is 3.36. The molecule has 0 unspecified atom stereocenters. The molecule has 2 rings (SSSR count). The van der Waals surface area contributed by atoms with E-state index in [0.717, 1.165) is 41.7 Å². The maximum Gasteiger partial charge on any atom is 0.175 e. The molecule has 25 heavy (non-hydrogen) atoms. The Balaban J connectivity index is 1.99. The minimum Gasteiger partial charge on any atom is -0.493 e. The van der Waals surface area contributed by atoms with Gasteiger partial charge in [0.1, 0.15) is 12.4 Å². The van der Waals surface area contributed by atoms with E-state index in [4.69, 9.17) is 14.2 Å². The van der Waals surface area contributed by atoms with E-state index < -0.39 is 0 Å². The van der Waals surface area contributed by atoms with Gasteiger partial charge in [-0.1, -0.05) is 12.1 Å². The third kappa shape index (κ3) is 6.30. The summed E-state index contributed by atoms with van der Waals surface area (Å²) in [6.45, 7) is 2.70. The molecule has 0 saturated heterocycles. The van der Waals surface area contributed by atoms with Crippen molar-refractivity contribution in [1.29, 1.82) is 0 Å². The van der Waals surface area contributed by atoms with Crippen molar-refractivity contribution in [2.75, 3.05) is 27.4 Å². The zero-order valence-electron chi connectivity index (χ0n) is 14.5. The first-order valence-corrected chi connectivity index (χ1v) is 8.86. The minimum atomic E-state index is -0.259. The summed E-state index contributed by atoms with van der Waals surface area (Å²) in [7, 11) is 3.31. The van der Waals surface area contributed by atoms with Crippen LogP contribution in [0, 0.1) is 5.82 Å². The van der Waals surface area contributed by atoms with Crippen LogP contribution in [-0.2, 0) is 17.9 Å². The number of ether oxygens (including phenoxy) is 3. The molecular weight excluding hydrogens is 389 g/mol. The van der Waals surface area contributed by atoms with Gasteiger partial charge < -0.3 is 19.5 Å². The molecule has 136 valence electrons. The van der Waals surface area contributed by atoms with E-state index in [1.165, 1.54) is 12.1 Å². The van der Waals surface area contributed by atoms with Gasteiger partial charge in [-0.25, -0.2) is 4.39 Å². The Morgan fingerprint density at radius 3 is 2.52 bits per heavy atom. The number of rotatable bonds is 10. The van der Waals surface area contributed by atoms with Gasteiger partial charge in [-0.2, -0.15) is 0 Å². The molecule has 0 aliphatic rings. The maximum atomic E-state index is 13.0. The number of hydrogen-bond acceptors (Lipinski definition) is 4. The Hall–Kier alpha value is -1.63. The maximum absolute atomic E-state index is 13.0. The molecule has 0 bridgehead atoms. The zero-order chi connectivity index (χ0) is 18.1. The molecule has 0 radical (unpaired) electrons. The summed E-state index contributed by atoms with van der Waals surface area (Å²) in [5.74, 6) is 1.03. The van der Waals surface area contributed by atoms with Crippen LogP contribution in [0.25, 0.3) is 0 Å². The molecule has 0 amide bonds. The van der Waals surface area contributed by atoms with Gasteiger partial charge in [0.05, 0.1) is 11.6 Å². The second kappa shape index (κ2) is 10.4. The van der Waals surface area contributed by atoms with Crippen LogP contribution in [0.2, 0.25) is 0 Å². The van der Waals surface area contributed by atoms with E-state index in [9.17, 15) is 4.39 Å². The smallest absolute Gasteiger partial charge is 0.175 e.